The van der Waals surface area contributed by atoms with E-state index in [-0.39, 0.29) is 6.61 Å². The lowest BCUT2D eigenvalue weighted by molar-refractivity contribution is -0.146. The Balaban J connectivity index is 1.87. The molecule has 21 heavy (non-hydrogen) atoms. The van der Waals surface area contributed by atoms with Crippen molar-refractivity contribution in [2.24, 2.45) is 5.73 Å². The van der Waals surface area contributed by atoms with Crippen LogP contribution < -0.4 is 11.1 Å². The molecule has 0 bridgehead atoms. The van der Waals surface area contributed by atoms with Crippen LogP contribution in [0.4, 0.5) is 5.82 Å². The molecule has 1 aromatic carbocycles. The molecular weight excluding hydrogens is 266 g/mol. The second kappa shape index (κ2) is 7.40. The minimum Gasteiger partial charge on any atom is -0.460 e. The van der Waals surface area contributed by atoms with Crippen molar-refractivity contribution in [3.05, 3.63) is 59.8 Å². The SMILES string of the molecule is CNc1cccc(CC(N)C(=O)OCc2ccccc2)n1. The summed E-state index contributed by atoms with van der Waals surface area (Å²) in [4.78, 5) is 16.2. The summed E-state index contributed by atoms with van der Waals surface area (Å²) in [6.45, 7) is 0.233. The molecule has 5 heteroatoms. The molecule has 0 saturated heterocycles. The van der Waals surface area contributed by atoms with Crippen molar-refractivity contribution in [3.63, 3.8) is 0 Å². The number of nitrogens with zero attached hydrogens (tertiary/aromatic N) is 1. The van der Waals surface area contributed by atoms with Crippen LogP contribution in [0.15, 0.2) is 48.5 Å². The lowest BCUT2D eigenvalue weighted by atomic mass is 10.1. The Morgan fingerprint density at radius 1 is 1.24 bits per heavy atom. The number of nitrogens with two attached hydrogens (primary N) is 1. The highest BCUT2D eigenvalue weighted by molar-refractivity contribution is 5.75. The Morgan fingerprint density at radius 2 is 2.00 bits per heavy atom. The number of hydrogen-bond donors (Lipinski definition) is 2. The third-order valence-corrected chi connectivity index (χ3v) is 3.02. The highest BCUT2D eigenvalue weighted by Crippen LogP contribution is 2.07. The van der Waals surface area contributed by atoms with Crippen molar-refractivity contribution >= 4 is 11.8 Å². The van der Waals surface area contributed by atoms with Crippen LogP contribution in [0.3, 0.4) is 0 Å². The van der Waals surface area contributed by atoms with E-state index >= 15 is 0 Å². The van der Waals surface area contributed by atoms with Gasteiger partial charge in [0, 0.05) is 19.2 Å². The second-order valence-corrected chi connectivity index (χ2v) is 4.67. The zero-order valence-corrected chi connectivity index (χ0v) is 12.0. The van der Waals surface area contributed by atoms with Crippen LogP contribution >= 0.6 is 0 Å². The summed E-state index contributed by atoms with van der Waals surface area (Å²) in [7, 11) is 1.79. The Morgan fingerprint density at radius 3 is 2.71 bits per heavy atom. The van der Waals surface area contributed by atoms with Gasteiger partial charge in [0.25, 0.3) is 0 Å². The van der Waals surface area contributed by atoms with Crippen LogP contribution in [0.25, 0.3) is 0 Å². The first-order valence-corrected chi connectivity index (χ1v) is 6.79. The van der Waals surface area contributed by atoms with Gasteiger partial charge >= 0.3 is 5.97 Å². The molecule has 0 saturated carbocycles. The average Bonchev–Trinajstić information content (AvgIpc) is 2.53. The maximum absolute atomic E-state index is 11.9. The number of hydrogen-bond acceptors (Lipinski definition) is 5. The van der Waals surface area contributed by atoms with Crippen molar-refractivity contribution in [3.8, 4) is 0 Å². The molecule has 0 aliphatic carbocycles. The molecular formula is C16H19N3O2. The molecule has 0 spiro atoms. The number of carbonyl (C=O) groups is 1. The van der Waals surface area contributed by atoms with Gasteiger partial charge in [0.1, 0.15) is 18.5 Å². The minimum absolute atomic E-state index is 0.233. The number of carbonyl (C=O) groups excluding carboxylic acids is 1. The Bertz CT molecular complexity index is 587. The van der Waals surface area contributed by atoms with Crippen LogP contribution in [0.5, 0.6) is 0 Å². The molecule has 1 aromatic heterocycles. The third-order valence-electron chi connectivity index (χ3n) is 3.02. The van der Waals surface area contributed by atoms with Crippen molar-refractivity contribution in [2.45, 2.75) is 19.1 Å². The van der Waals surface area contributed by atoms with E-state index in [2.05, 4.69) is 10.3 Å². The number of rotatable bonds is 6. The molecule has 1 heterocycles. The van der Waals surface area contributed by atoms with E-state index in [1.54, 1.807) is 7.05 Å². The van der Waals surface area contributed by atoms with Gasteiger partial charge in [0.15, 0.2) is 0 Å². The molecule has 0 radical (unpaired) electrons. The summed E-state index contributed by atoms with van der Waals surface area (Å²) in [5, 5.41) is 2.95. The molecule has 1 atom stereocenters. The lowest BCUT2D eigenvalue weighted by Crippen LogP contribution is -2.34. The van der Waals surface area contributed by atoms with Gasteiger partial charge in [0.2, 0.25) is 0 Å². The monoisotopic (exact) mass is 285 g/mol. The molecule has 0 fully saturated rings. The molecule has 0 amide bonds. The summed E-state index contributed by atoms with van der Waals surface area (Å²) in [5.41, 5.74) is 7.56. The standard InChI is InChI=1S/C16H19N3O2/c1-18-15-9-5-8-13(19-15)10-14(17)16(20)21-11-12-6-3-2-4-7-12/h2-9,14H,10-11,17H2,1H3,(H,18,19). The number of pyridine rings is 1. The summed E-state index contributed by atoms with van der Waals surface area (Å²) in [6.07, 6.45) is 0.350. The average molecular weight is 285 g/mol. The van der Waals surface area contributed by atoms with Crippen LogP contribution in [-0.2, 0) is 22.6 Å². The van der Waals surface area contributed by atoms with E-state index in [1.165, 1.54) is 0 Å². The molecule has 110 valence electrons. The van der Waals surface area contributed by atoms with Gasteiger partial charge in [-0.1, -0.05) is 36.4 Å². The molecule has 5 nitrogen and oxygen atoms in total. The normalized spacial score (nSPS) is 11.7. The highest BCUT2D eigenvalue weighted by atomic mass is 16.5. The topological polar surface area (TPSA) is 77.2 Å². The highest BCUT2D eigenvalue weighted by Gasteiger charge is 2.16. The maximum atomic E-state index is 11.9. The number of ether oxygens (including phenoxy) is 1. The molecule has 2 aromatic rings. The van der Waals surface area contributed by atoms with Gasteiger partial charge in [-0.2, -0.15) is 0 Å². The van der Waals surface area contributed by atoms with E-state index in [4.69, 9.17) is 10.5 Å². The molecule has 3 N–H and O–H groups in total. The van der Waals surface area contributed by atoms with Gasteiger partial charge in [-0.15, -0.1) is 0 Å². The quantitative estimate of drug-likeness (QED) is 0.790. The van der Waals surface area contributed by atoms with Crippen LogP contribution in [-0.4, -0.2) is 24.0 Å². The van der Waals surface area contributed by atoms with Crippen molar-refractivity contribution in [1.29, 1.82) is 0 Å². The Kier molecular flexibility index (Phi) is 5.29. The largest absolute Gasteiger partial charge is 0.460 e. The fourth-order valence-corrected chi connectivity index (χ4v) is 1.88. The first-order chi connectivity index (χ1) is 10.2. The number of nitrogens with one attached hydrogen (secondary N) is 1. The Hall–Kier alpha value is -2.40. The fourth-order valence-electron chi connectivity index (χ4n) is 1.88. The number of benzene rings is 1. The number of anilines is 1. The van der Waals surface area contributed by atoms with E-state index in [0.29, 0.717) is 6.42 Å². The lowest BCUT2D eigenvalue weighted by Gasteiger charge is -2.12. The van der Waals surface area contributed by atoms with Gasteiger partial charge in [-0.05, 0) is 17.7 Å². The smallest absolute Gasteiger partial charge is 0.323 e. The predicted molar refractivity (Wildman–Crippen MR) is 81.7 cm³/mol. The first kappa shape index (κ1) is 15.0. The van der Waals surface area contributed by atoms with Crippen molar-refractivity contribution < 1.29 is 9.53 Å². The van der Waals surface area contributed by atoms with E-state index in [1.807, 2.05) is 48.5 Å². The zero-order chi connectivity index (χ0) is 15.1. The summed E-state index contributed by atoms with van der Waals surface area (Å²) < 4.78 is 5.21. The van der Waals surface area contributed by atoms with Crippen LogP contribution in [0.1, 0.15) is 11.3 Å². The van der Waals surface area contributed by atoms with Gasteiger partial charge in [0.05, 0.1) is 0 Å². The maximum Gasteiger partial charge on any atom is 0.323 e. The predicted octanol–water partition coefficient (Wildman–Crippen LogP) is 1.74. The number of aromatic nitrogens is 1. The van der Waals surface area contributed by atoms with E-state index in [0.717, 1.165) is 17.1 Å². The zero-order valence-electron chi connectivity index (χ0n) is 12.0. The van der Waals surface area contributed by atoms with Crippen LogP contribution in [0, 0.1) is 0 Å². The van der Waals surface area contributed by atoms with E-state index in [9.17, 15) is 4.79 Å². The third kappa shape index (κ3) is 4.57. The van der Waals surface area contributed by atoms with Gasteiger partial charge < -0.3 is 15.8 Å². The van der Waals surface area contributed by atoms with Crippen LogP contribution in [0.2, 0.25) is 0 Å². The van der Waals surface area contributed by atoms with Crippen molar-refractivity contribution in [2.75, 3.05) is 12.4 Å². The second-order valence-electron chi connectivity index (χ2n) is 4.67. The summed E-state index contributed by atoms with van der Waals surface area (Å²) in [5.74, 6) is 0.327. The molecule has 2 rings (SSSR count). The summed E-state index contributed by atoms with van der Waals surface area (Å²) >= 11 is 0. The molecule has 0 aliphatic heterocycles. The van der Waals surface area contributed by atoms with Gasteiger partial charge in [-0.3, -0.25) is 4.79 Å². The van der Waals surface area contributed by atoms with E-state index < -0.39 is 12.0 Å². The fraction of sp³-hybridized carbons (Fsp3) is 0.250. The Labute approximate surface area is 124 Å². The molecule has 1 unspecified atom stereocenters. The minimum atomic E-state index is -0.715. The number of esters is 1. The molecule has 0 aliphatic rings. The van der Waals surface area contributed by atoms with Crippen molar-refractivity contribution in [1.82, 2.24) is 4.98 Å². The first-order valence-electron chi connectivity index (χ1n) is 6.79. The van der Waals surface area contributed by atoms with Gasteiger partial charge in [-0.25, -0.2) is 4.98 Å². The summed E-state index contributed by atoms with van der Waals surface area (Å²) in [6, 6.07) is 14.4.